The molecule has 2 atom stereocenters. The van der Waals surface area contributed by atoms with Crippen molar-refractivity contribution in [1.29, 1.82) is 5.26 Å². The lowest BCUT2D eigenvalue weighted by Gasteiger charge is -2.28. The fraction of sp³-hybridized carbons (Fsp3) is 0.400. The van der Waals surface area contributed by atoms with E-state index in [2.05, 4.69) is 11.7 Å². The Labute approximate surface area is 234 Å². The van der Waals surface area contributed by atoms with E-state index in [4.69, 9.17) is 24.2 Å². The highest BCUT2D eigenvalue weighted by atomic mass is 19.4. The molecule has 2 aromatic carbocycles. The van der Waals surface area contributed by atoms with Crippen LogP contribution in [0.5, 0.6) is 17.2 Å². The summed E-state index contributed by atoms with van der Waals surface area (Å²) in [6.45, 7) is 8.94. The lowest BCUT2D eigenvalue weighted by Crippen LogP contribution is -2.29. The van der Waals surface area contributed by atoms with Gasteiger partial charge in [0.15, 0.2) is 28.8 Å². The van der Waals surface area contributed by atoms with Crippen LogP contribution in [0.25, 0.3) is 5.69 Å². The maximum Gasteiger partial charge on any atom is 0.435 e. The largest absolute Gasteiger partial charge is 0.486 e. The van der Waals surface area contributed by atoms with E-state index in [1.807, 2.05) is 6.07 Å². The molecule has 0 radical (unpaired) electrons. The van der Waals surface area contributed by atoms with Crippen LogP contribution in [0.1, 0.15) is 68.7 Å². The van der Waals surface area contributed by atoms with Gasteiger partial charge in [0.2, 0.25) is 5.79 Å². The molecule has 0 spiro atoms. The van der Waals surface area contributed by atoms with Crippen molar-refractivity contribution in [2.24, 2.45) is 0 Å². The number of nitriles is 1. The second kappa shape index (κ2) is 10.7. The zero-order valence-electron chi connectivity index (χ0n) is 22.8. The summed E-state index contributed by atoms with van der Waals surface area (Å²) in [6.07, 6.45) is -4.51. The third kappa shape index (κ3) is 6.03. The molecule has 0 saturated carbocycles. The number of hydrogen-bond acceptors (Lipinski definition) is 6. The molecule has 5 rings (SSSR count). The van der Waals surface area contributed by atoms with Crippen LogP contribution in [-0.4, -0.2) is 21.7 Å². The number of hydrogen-bond donors (Lipinski definition) is 0. The zero-order valence-corrected chi connectivity index (χ0v) is 22.8. The Morgan fingerprint density at radius 2 is 1.98 bits per heavy atom. The van der Waals surface area contributed by atoms with Gasteiger partial charge in [-0.25, -0.2) is 9.07 Å². The first-order chi connectivity index (χ1) is 19.3. The van der Waals surface area contributed by atoms with E-state index >= 15 is 0 Å². The molecule has 0 fully saturated rings. The molecule has 41 heavy (non-hydrogen) atoms. The predicted octanol–water partition coefficient (Wildman–Crippen LogP) is 7.37. The van der Waals surface area contributed by atoms with Gasteiger partial charge in [-0.3, -0.25) is 0 Å². The number of alkyl halides is 3. The predicted molar refractivity (Wildman–Crippen MR) is 140 cm³/mol. The van der Waals surface area contributed by atoms with Gasteiger partial charge >= 0.3 is 6.18 Å². The van der Waals surface area contributed by atoms with Crippen LogP contribution in [0.15, 0.2) is 48.6 Å². The van der Waals surface area contributed by atoms with Gasteiger partial charge in [0.25, 0.3) is 0 Å². The molecule has 1 aliphatic heterocycles. The van der Waals surface area contributed by atoms with E-state index in [1.165, 1.54) is 16.8 Å². The van der Waals surface area contributed by atoms with Gasteiger partial charge in [0, 0.05) is 37.5 Å². The van der Waals surface area contributed by atoms with Crippen molar-refractivity contribution in [3.05, 3.63) is 76.9 Å². The molecule has 3 aromatic rings. The van der Waals surface area contributed by atoms with E-state index in [-0.39, 0.29) is 42.1 Å². The molecule has 0 bridgehead atoms. The standard InChI is InChI=1S/C30H29F4N3O4/c1-17(15-35)12-18(2)39-24-7-5-6-21-27(24)37(36-28(21)30(32,33)34)20-9-10-22(31)25(14-20)38-16-19-8-11-23-26(13-19)41-29(3,4)40-23/h8-11,13-14,18,24H,1,5-7,12,16H2,2-4H3. The second-order valence-corrected chi connectivity index (χ2v) is 10.7. The van der Waals surface area contributed by atoms with Gasteiger partial charge in [0.05, 0.1) is 23.6 Å². The molecular formula is C30H29F4N3O4. The monoisotopic (exact) mass is 571 g/mol. The van der Waals surface area contributed by atoms with Crippen LogP contribution in [0, 0.1) is 17.1 Å². The summed E-state index contributed by atoms with van der Waals surface area (Å²) in [5.41, 5.74) is 0.510. The van der Waals surface area contributed by atoms with E-state index in [9.17, 15) is 17.6 Å². The Morgan fingerprint density at radius 3 is 2.71 bits per heavy atom. The third-order valence-electron chi connectivity index (χ3n) is 6.85. The minimum Gasteiger partial charge on any atom is -0.486 e. The Hall–Kier alpha value is -4.04. The molecule has 1 aromatic heterocycles. The van der Waals surface area contributed by atoms with E-state index < -0.39 is 35.7 Å². The molecule has 0 saturated heterocycles. The summed E-state index contributed by atoms with van der Waals surface area (Å²) in [6, 6.07) is 11.0. The summed E-state index contributed by atoms with van der Waals surface area (Å²) in [7, 11) is 0. The van der Waals surface area contributed by atoms with Gasteiger partial charge in [-0.1, -0.05) is 12.6 Å². The summed E-state index contributed by atoms with van der Waals surface area (Å²) < 4.78 is 81.4. The molecular weight excluding hydrogens is 542 g/mol. The van der Waals surface area contributed by atoms with Crippen molar-refractivity contribution in [2.75, 3.05) is 0 Å². The summed E-state index contributed by atoms with van der Waals surface area (Å²) >= 11 is 0. The normalized spacial score (nSPS) is 18.0. The van der Waals surface area contributed by atoms with Crippen LogP contribution in [-0.2, 0) is 23.9 Å². The third-order valence-corrected chi connectivity index (χ3v) is 6.85. The van der Waals surface area contributed by atoms with E-state index in [1.54, 1.807) is 39.0 Å². The number of aromatic nitrogens is 2. The van der Waals surface area contributed by atoms with Gasteiger partial charge in [0.1, 0.15) is 12.7 Å². The maximum absolute atomic E-state index is 14.8. The topological polar surface area (TPSA) is 78.5 Å². The average Bonchev–Trinajstić information content (AvgIpc) is 3.45. The number of rotatable bonds is 8. The first-order valence-electron chi connectivity index (χ1n) is 13.2. The van der Waals surface area contributed by atoms with Gasteiger partial charge < -0.3 is 18.9 Å². The molecule has 2 unspecified atom stereocenters. The highest BCUT2D eigenvalue weighted by Gasteiger charge is 2.42. The number of halogens is 4. The highest BCUT2D eigenvalue weighted by molar-refractivity contribution is 5.47. The van der Waals surface area contributed by atoms with E-state index in [0.29, 0.717) is 35.5 Å². The summed E-state index contributed by atoms with van der Waals surface area (Å²) in [4.78, 5) is 0. The number of fused-ring (bicyclic) bond motifs is 2. The SMILES string of the molecule is C=C(C#N)CC(C)OC1CCCc2c(C(F)(F)F)nn(-c3ccc(F)c(OCc4ccc5c(c4)OC(C)(C)O5)c3)c21. The first kappa shape index (κ1) is 28.5. The van der Waals surface area contributed by atoms with Crippen LogP contribution < -0.4 is 14.2 Å². The van der Waals surface area contributed by atoms with Crippen molar-refractivity contribution in [3.8, 4) is 29.0 Å². The summed E-state index contributed by atoms with van der Waals surface area (Å²) in [5, 5.41) is 13.0. The highest BCUT2D eigenvalue weighted by Crippen LogP contribution is 2.43. The maximum atomic E-state index is 14.8. The Balaban J connectivity index is 1.45. The van der Waals surface area contributed by atoms with Gasteiger partial charge in [-0.05, 0) is 56.0 Å². The molecule has 11 heteroatoms. The Morgan fingerprint density at radius 1 is 1.22 bits per heavy atom. The van der Waals surface area contributed by atoms with Gasteiger partial charge in [-0.2, -0.15) is 23.5 Å². The molecule has 0 N–H and O–H groups in total. The lowest BCUT2D eigenvalue weighted by molar-refractivity contribution is -0.142. The van der Waals surface area contributed by atoms with Crippen molar-refractivity contribution < 1.29 is 36.5 Å². The molecule has 2 heterocycles. The Kier molecular flexibility index (Phi) is 7.46. The Bertz CT molecular complexity index is 1520. The molecule has 7 nitrogen and oxygen atoms in total. The number of ether oxygens (including phenoxy) is 4. The van der Waals surface area contributed by atoms with Crippen molar-refractivity contribution >= 4 is 0 Å². The van der Waals surface area contributed by atoms with Crippen LogP contribution in [0.4, 0.5) is 17.6 Å². The zero-order chi connectivity index (χ0) is 29.5. The number of benzene rings is 2. The van der Waals surface area contributed by atoms with Gasteiger partial charge in [-0.15, -0.1) is 0 Å². The molecule has 0 amide bonds. The molecule has 1 aliphatic carbocycles. The summed E-state index contributed by atoms with van der Waals surface area (Å²) in [5.74, 6) is -0.510. The quantitative estimate of drug-likeness (QED) is 0.208. The average molecular weight is 572 g/mol. The van der Waals surface area contributed by atoms with Crippen LogP contribution in [0.2, 0.25) is 0 Å². The van der Waals surface area contributed by atoms with Crippen LogP contribution >= 0.6 is 0 Å². The van der Waals surface area contributed by atoms with Crippen molar-refractivity contribution in [2.45, 2.75) is 77.2 Å². The smallest absolute Gasteiger partial charge is 0.435 e. The minimum atomic E-state index is -4.69. The minimum absolute atomic E-state index is 0.0194. The fourth-order valence-electron chi connectivity index (χ4n) is 5.17. The fourth-order valence-corrected chi connectivity index (χ4v) is 5.17. The van der Waals surface area contributed by atoms with Crippen molar-refractivity contribution in [1.82, 2.24) is 9.78 Å². The van der Waals surface area contributed by atoms with E-state index in [0.717, 1.165) is 6.07 Å². The lowest BCUT2D eigenvalue weighted by atomic mass is 9.92. The van der Waals surface area contributed by atoms with Crippen molar-refractivity contribution in [3.63, 3.8) is 0 Å². The molecule has 216 valence electrons. The molecule has 2 aliphatic rings. The number of nitrogens with zero attached hydrogens (tertiary/aromatic N) is 3. The first-order valence-corrected chi connectivity index (χ1v) is 13.2. The second-order valence-electron chi connectivity index (χ2n) is 10.7. The van der Waals surface area contributed by atoms with Crippen LogP contribution in [0.3, 0.4) is 0 Å².